The first kappa shape index (κ1) is 12.3. The van der Waals surface area contributed by atoms with Gasteiger partial charge >= 0.3 is 5.97 Å². The van der Waals surface area contributed by atoms with E-state index in [1.165, 1.54) is 0 Å². The van der Waals surface area contributed by atoms with Crippen molar-refractivity contribution in [1.29, 1.82) is 0 Å². The third-order valence-corrected chi connectivity index (χ3v) is 2.77. The van der Waals surface area contributed by atoms with E-state index >= 15 is 0 Å². The van der Waals surface area contributed by atoms with Crippen molar-refractivity contribution >= 4 is 11.7 Å². The van der Waals surface area contributed by atoms with Gasteiger partial charge in [-0.15, -0.1) is 0 Å². The van der Waals surface area contributed by atoms with E-state index < -0.39 is 5.97 Å². The molecule has 16 heavy (non-hydrogen) atoms. The Kier molecular flexibility index (Phi) is 3.72. The molecule has 2 N–H and O–H groups in total. The van der Waals surface area contributed by atoms with E-state index in [2.05, 4.69) is 6.58 Å². The number of hydrogen-bond acceptors (Lipinski definition) is 3. The van der Waals surface area contributed by atoms with Crippen LogP contribution in [0.3, 0.4) is 0 Å². The zero-order chi connectivity index (χ0) is 12.3. The molecule has 0 aliphatic heterocycles. The number of nitrogen functional groups attached to an aromatic ring is 1. The van der Waals surface area contributed by atoms with E-state index in [0.717, 1.165) is 28.5 Å². The molecule has 1 rings (SSSR count). The van der Waals surface area contributed by atoms with Gasteiger partial charge in [0.05, 0.1) is 0 Å². The third-order valence-electron chi connectivity index (χ3n) is 2.77. The van der Waals surface area contributed by atoms with Crippen molar-refractivity contribution in [3.05, 3.63) is 41.5 Å². The van der Waals surface area contributed by atoms with E-state index in [1.807, 2.05) is 32.9 Å². The molecule has 3 heteroatoms. The first-order valence-electron chi connectivity index (χ1n) is 5.16. The molecule has 0 aromatic heterocycles. The first-order chi connectivity index (χ1) is 7.47. The lowest BCUT2D eigenvalue weighted by Gasteiger charge is -2.17. The molecule has 0 aliphatic carbocycles. The monoisotopic (exact) mass is 219 g/mol. The van der Waals surface area contributed by atoms with E-state index in [-0.39, 0.29) is 6.10 Å². The second kappa shape index (κ2) is 4.84. The highest BCUT2D eigenvalue weighted by Gasteiger charge is 2.13. The fourth-order valence-corrected chi connectivity index (χ4v) is 1.59. The molecule has 1 atom stereocenters. The van der Waals surface area contributed by atoms with Crippen LogP contribution in [0, 0.1) is 13.8 Å². The van der Waals surface area contributed by atoms with Crippen LogP contribution in [0.4, 0.5) is 5.69 Å². The number of hydrogen-bond donors (Lipinski definition) is 1. The molecule has 1 aromatic rings. The topological polar surface area (TPSA) is 52.3 Å². The summed E-state index contributed by atoms with van der Waals surface area (Å²) in [6.45, 7) is 9.13. The van der Waals surface area contributed by atoms with Crippen LogP contribution in [0.25, 0.3) is 0 Å². The second-order valence-electron chi connectivity index (χ2n) is 3.78. The molecular weight excluding hydrogens is 202 g/mol. The van der Waals surface area contributed by atoms with Crippen molar-refractivity contribution in [2.45, 2.75) is 26.9 Å². The van der Waals surface area contributed by atoms with E-state index in [9.17, 15) is 4.79 Å². The molecule has 0 spiro atoms. The van der Waals surface area contributed by atoms with Crippen LogP contribution in [-0.4, -0.2) is 5.97 Å². The molecule has 0 amide bonds. The van der Waals surface area contributed by atoms with Gasteiger partial charge in [-0.1, -0.05) is 12.6 Å². The highest BCUT2D eigenvalue weighted by atomic mass is 16.5. The van der Waals surface area contributed by atoms with Gasteiger partial charge in [-0.3, -0.25) is 0 Å². The molecule has 0 heterocycles. The Labute approximate surface area is 95.9 Å². The van der Waals surface area contributed by atoms with Gasteiger partial charge in [0, 0.05) is 11.8 Å². The van der Waals surface area contributed by atoms with Crippen molar-refractivity contribution in [3.63, 3.8) is 0 Å². The molecule has 1 unspecified atom stereocenters. The van der Waals surface area contributed by atoms with Crippen LogP contribution < -0.4 is 5.73 Å². The van der Waals surface area contributed by atoms with E-state index in [0.29, 0.717) is 0 Å². The maximum atomic E-state index is 11.1. The maximum absolute atomic E-state index is 11.1. The van der Waals surface area contributed by atoms with Gasteiger partial charge in [-0.25, -0.2) is 4.79 Å². The highest BCUT2D eigenvalue weighted by Crippen LogP contribution is 2.26. The van der Waals surface area contributed by atoms with Crippen LogP contribution in [0.5, 0.6) is 0 Å². The summed E-state index contributed by atoms with van der Waals surface area (Å²) in [4.78, 5) is 11.1. The average molecular weight is 219 g/mol. The Bertz CT molecular complexity index is 424. The largest absolute Gasteiger partial charge is 0.455 e. The Morgan fingerprint density at radius 2 is 2.06 bits per heavy atom. The fourth-order valence-electron chi connectivity index (χ4n) is 1.59. The number of carbonyl (C=O) groups excluding carboxylic acids is 1. The van der Waals surface area contributed by atoms with Gasteiger partial charge in [0.2, 0.25) is 0 Å². The number of anilines is 1. The normalized spacial score (nSPS) is 11.9. The van der Waals surface area contributed by atoms with Crippen molar-refractivity contribution in [1.82, 2.24) is 0 Å². The minimum absolute atomic E-state index is 0.287. The molecule has 0 aliphatic rings. The zero-order valence-corrected chi connectivity index (χ0v) is 9.91. The molecule has 0 saturated carbocycles. The van der Waals surface area contributed by atoms with Gasteiger partial charge in [-0.05, 0) is 43.5 Å². The number of ether oxygens (including phenoxy) is 1. The number of esters is 1. The average Bonchev–Trinajstić information content (AvgIpc) is 2.25. The van der Waals surface area contributed by atoms with Crippen molar-refractivity contribution in [3.8, 4) is 0 Å². The molecule has 86 valence electrons. The Balaban J connectivity index is 3.00. The van der Waals surface area contributed by atoms with Crippen LogP contribution in [0.2, 0.25) is 0 Å². The van der Waals surface area contributed by atoms with Crippen LogP contribution in [0.1, 0.15) is 29.7 Å². The molecule has 0 fully saturated rings. The third kappa shape index (κ3) is 2.42. The van der Waals surface area contributed by atoms with Crippen LogP contribution in [0.15, 0.2) is 24.8 Å². The van der Waals surface area contributed by atoms with Gasteiger partial charge in [-0.2, -0.15) is 0 Å². The Morgan fingerprint density at radius 3 is 2.62 bits per heavy atom. The molecule has 0 radical (unpaired) electrons. The highest BCUT2D eigenvalue weighted by molar-refractivity contribution is 5.81. The smallest absolute Gasteiger partial charge is 0.330 e. The summed E-state index contributed by atoms with van der Waals surface area (Å²) < 4.78 is 5.16. The van der Waals surface area contributed by atoms with E-state index in [4.69, 9.17) is 10.5 Å². The van der Waals surface area contributed by atoms with Crippen LogP contribution >= 0.6 is 0 Å². The lowest BCUT2D eigenvalue weighted by Crippen LogP contribution is -2.08. The standard InChI is InChI=1S/C13H17NO2/c1-5-13(15)16-10(4)11-6-7-12(14)9(3)8(11)2/h5-7,10H,1,14H2,2-4H3. The maximum Gasteiger partial charge on any atom is 0.330 e. The molecule has 3 nitrogen and oxygen atoms in total. The number of rotatable bonds is 3. The lowest BCUT2D eigenvalue weighted by molar-refractivity contribution is -0.142. The molecular formula is C13H17NO2. The van der Waals surface area contributed by atoms with Crippen molar-refractivity contribution < 1.29 is 9.53 Å². The minimum atomic E-state index is -0.415. The number of nitrogens with two attached hydrogens (primary N) is 1. The predicted octanol–water partition coefficient (Wildman–Crippen LogP) is 2.68. The van der Waals surface area contributed by atoms with Crippen molar-refractivity contribution in [2.75, 3.05) is 5.73 Å². The second-order valence-corrected chi connectivity index (χ2v) is 3.78. The quantitative estimate of drug-likeness (QED) is 0.483. The van der Waals surface area contributed by atoms with E-state index in [1.54, 1.807) is 0 Å². The Hall–Kier alpha value is -1.77. The number of benzene rings is 1. The number of carbonyl (C=O) groups is 1. The molecule has 0 bridgehead atoms. The fraction of sp³-hybridized carbons (Fsp3) is 0.308. The van der Waals surface area contributed by atoms with Crippen molar-refractivity contribution in [2.24, 2.45) is 0 Å². The summed E-state index contributed by atoms with van der Waals surface area (Å²) in [5.74, 6) is -0.415. The lowest BCUT2D eigenvalue weighted by atomic mass is 9.98. The summed E-state index contributed by atoms with van der Waals surface area (Å²) in [6, 6.07) is 3.72. The van der Waals surface area contributed by atoms with Gasteiger partial charge < -0.3 is 10.5 Å². The summed E-state index contributed by atoms with van der Waals surface area (Å²) >= 11 is 0. The summed E-state index contributed by atoms with van der Waals surface area (Å²) in [6.07, 6.45) is 0.875. The SMILES string of the molecule is C=CC(=O)OC(C)c1ccc(N)c(C)c1C. The summed E-state index contributed by atoms with van der Waals surface area (Å²) in [5, 5.41) is 0. The van der Waals surface area contributed by atoms with Gasteiger partial charge in [0.25, 0.3) is 0 Å². The van der Waals surface area contributed by atoms with Gasteiger partial charge in [0.15, 0.2) is 0 Å². The minimum Gasteiger partial charge on any atom is -0.455 e. The van der Waals surface area contributed by atoms with Gasteiger partial charge in [0.1, 0.15) is 6.10 Å². The first-order valence-corrected chi connectivity index (χ1v) is 5.16. The summed E-state index contributed by atoms with van der Waals surface area (Å²) in [7, 11) is 0. The molecule has 1 aromatic carbocycles. The predicted molar refractivity (Wildman–Crippen MR) is 65.0 cm³/mol. The zero-order valence-electron chi connectivity index (χ0n) is 9.91. The summed E-state index contributed by atoms with van der Waals surface area (Å²) in [5.41, 5.74) is 9.61. The van der Waals surface area contributed by atoms with Crippen LogP contribution in [-0.2, 0) is 9.53 Å². The molecule has 0 saturated heterocycles. The Morgan fingerprint density at radius 1 is 1.44 bits per heavy atom.